The molecule has 1 aliphatic heterocycles. The van der Waals surface area contributed by atoms with E-state index in [2.05, 4.69) is 15.9 Å². The number of methoxy groups -OCH3 is 1. The topological polar surface area (TPSA) is 35.5 Å². The van der Waals surface area contributed by atoms with Gasteiger partial charge in [0.2, 0.25) is 0 Å². The summed E-state index contributed by atoms with van der Waals surface area (Å²) in [5.74, 6) is -0.127. The van der Waals surface area contributed by atoms with E-state index in [1.807, 2.05) is 24.3 Å². The molecule has 3 nitrogen and oxygen atoms in total. The van der Waals surface area contributed by atoms with Crippen molar-refractivity contribution >= 4 is 21.9 Å². The summed E-state index contributed by atoms with van der Waals surface area (Å²) in [5, 5.41) is 0. The SMILES string of the molecule is COC(=O)C1(c2cccc(Br)c2)CC2(COC2)C1. The molecule has 1 aromatic carbocycles. The molecule has 0 aromatic heterocycles. The molecule has 4 heteroatoms. The van der Waals surface area contributed by atoms with Gasteiger partial charge in [-0.15, -0.1) is 0 Å². The van der Waals surface area contributed by atoms with Gasteiger partial charge in [-0.05, 0) is 30.5 Å². The number of halogens is 1. The molecule has 2 fully saturated rings. The van der Waals surface area contributed by atoms with Crippen molar-refractivity contribution < 1.29 is 14.3 Å². The fraction of sp³-hybridized carbons (Fsp3) is 0.500. The number of hydrogen-bond acceptors (Lipinski definition) is 3. The summed E-state index contributed by atoms with van der Waals surface area (Å²) in [6.45, 7) is 1.56. The first-order valence-electron chi connectivity index (χ1n) is 6.03. The van der Waals surface area contributed by atoms with E-state index in [1.54, 1.807) is 0 Å². The molecule has 0 radical (unpaired) electrons. The Bertz CT molecular complexity index is 486. The lowest BCUT2D eigenvalue weighted by molar-refractivity contribution is -0.203. The normalized spacial score (nSPS) is 23.0. The minimum Gasteiger partial charge on any atom is -0.468 e. The predicted octanol–water partition coefficient (Wildman–Crippen LogP) is 2.67. The lowest BCUT2D eigenvalue weighted by atomic mass is 9.49. The van der Waals surface area contributed by atoms with Crippen LogP contribution in [0.2, 0.25) is 0 Å². The quantitative estimate of drug-likeness (QED) is 0.788. The summed E-state index contributed by atoms with van der Waals surface area (Å²) in [5.41, 5.74) is 0.792. The van der Waals surface area contributed by atoms with Crippen LogP contribution in [0.3, 0.4) is 0 Å². The summed E-state index contributed by atoms with van der Waals surface area (Å²) < 4.78 is 11.3. The minimum absolute atomic E-state index is 0.127. The molecule has 1 aromatic rings. The van der Waals surface area contributed by atoms with Crippen LogP contribution in [-0.2, 0) is 19.7 Å². The van der Waals surface area contributed by atoms with Crippen molar-refractivity contribution in [2.24, 2.45) is 5.41 Å². The molecular formula is C14H15BrO3. The average molecular weight is 311 g/mol. The van der Waals surface area contributed by atoms with Crippen molar-refractivity contribution in [1.29, 1.82) is 0 Å². The van der Waals surface area contributed by atoms with E-state index in [4.69, 9.17) is 9.47 Å². The first-order chi connectivity index (χ1) is 8.60. The van der Waals surface area contributed by atoms with Crippen LogP contribution >= 0.6 is 15.9 Å². The molecule has 1 spiro atoms. The highest BCUT2D eigenvalue weighted by Gasteiger charge is 2.63. The third kappa shape index (κ3) is 1.62. The zero-order chi connectivity index (χ0) is 12.8. The largest absolute Gasteiger partial charge is 0.468 e. The number of benzene rings is 1. The lowest BCUT2D eigenvalue weighted by Crippen LogP contribution is -2.62. The van der Waals surface area contributed by atoms with Gasteiger partial charge in [0.15, 0.2) is 0 Å². The maximum absolute atomic E-state index is 12.2. The number of hydrogen-bond donors (Lipinski definition) is 0. The zero-order valence-corrected chi connectivity index (χ0v) is 11.8. The van der Waals surface area contributed by atoms with Gasteiger partial charge in [0.05, 0.1) is 25.7 Å². The second kappa shape index (κ2) is 4.07. The Morgan fingerprint density at radius 1 is 1.39 bits per heavy atom. The lowest BCUT2D eigenvalue weighted by Gasteiger charge is -2.58. The van der Waals surface area contributed by atoms with Gasteiger partial charge in [-0.2, -0.15) is 0 Å². The molecule has 0 N–H and O–H groups in total. The van der Waals surface area contributed by atoms with E-state index in [1.165, 1.54) is 7.11 Å². The van der Waals surface area contributed by atoms with Gasteiger partial charge < -0.3 is 9.47 Å². The Morgan fingerprint density at radius 2 is 2.11 bits per heavy atom. The van der Waals surface area contributed by atoms with Crippen molar-refractivity contribution in [2.45, 2.75) is 18.3 Å². The van der Waals surface area contributed by atoms with Crippen LogP contribution in [0.1, 0.15) is 18.4 Å². The maximum Gasteiger partial charge on any atom is 0.316 e. The smallest absolute Gasteiger partial charge is 0.316 e. The number of rotatable bonds is 2. The van der Waals surface area contributed by atoms with Gasteiger partial charge in [0, 0.05) is 9.89 Å². The van der Waals surface area contributed by atoms with E-state index in [0.29, 0.717) is 0 Å². The standard InChI is InChI=1S/C14H15BrO3/c1-17-12(16)14(6-13(7-14)8-18-9-13)10-3-2-4-11(15)5-10/h2-5H,6-9H2,1H3. The van der Waals surface area contributed by atoms with Crippen molar-refractivity contribution in [3.8, 4) is 0 Å². The minimum atomic E-state index is -0.470. The second-order valence-electron chi connectivity index (χ2n) is 5.43. The van der Waals surface area contributed by atoms with E-state index in [9.17, 15) is 4.79 Å². The van der Waals surface area contributed by atoms with Crippen LogP contribution in [-0.4, -0.2) is 26.3 Å². The summed E-state index contributed by atoms with van der Waals surface area (Å²) >= 11 is 3.46. The molecule has 0 amide bonds. The van der Waals surface area contributed by atoms with Crippen LogP contribution in [0.25, 0.3) is 0 Å². The Labute approximate surface area is 115 Å². The molecule has 1 aliphatic carbocycles. The Kier molecular flexibility index (Phi) is 2.75. The van der Waals surface area contributed by atoms with Gasteiger partial charge in [0.25, 0.3) is 0 Å². The van der Waals surface area contributed by atoms with Crippen molar-refractivity contribution in [3.05, 3.63) is 34.3 Å². The monoisotopic (exact) mass is 310 g/mol. The van der Waals surface area contributed by atoms with Crippen LogP contribution in [0.5, 0.6) is 0 Å². The van der Waals surface area contributed by atoms with Crippen LogP contribution in [0.4, 0.5) is 0 Å². The number of carbonyl (C=O) groups is 1. The second-order valence-corrected chi connectivity index (χ2v) is 6.35. The van der Waals surface area contributed by atoms with Crippen LogP contribution < -0.4 is 0 Å². The average Bonchev–Trinajstić information content (AvgIpc) is 2.25. The van der Waals surface area contributed by atoms with Gasteiger partial charge in [-0.3, -0.25) is 4.79 Å². The molecule has 0 bridgehead atoms. The molecule has 1 heterocycles. The van der Waals surface area contributed by atoms with E-state index >= 15 is 0 Å². The Hall–Kier alpha value is -0.870. The Balaban J connectivity index is 1.94. The van der Waals surface area contributed by atoms with E-state index < -0.39 is 5.41 Å². The number of carbonyl (C=O) groups excluding carboxylic acids is 1. The van der Waals surface area contributed by atoms with Crippen molar-refractivity contribution in [1.82, 2.24) is 0 Å². The highest BCUT2D eigenvalue weighted by atomic mass is 79.9. The summed E-state index contributed by atoms with van der Waals surface area (Å²) in [6.07, 6.45) is 1.67. The van der Waals surface area contributed by atoms with Gasteiger partial charge >= 0.3 is 5.97 Å². The molecule has 96 valence electrons. The maximum atomic E-state index is 12.2. The Morgan fingerprint density at radius 3 is 2.61 bits per heavy atom. The van der Waals surface area contributed by atoms with Gasteiger partial charge in [0.1, 0.15) is 0 Å². The third-order valence-corrected chi connectivity index (χ3v) is 4.62. The number of esters is 1. The molecule has 18 heavy (non-hydrogen) atoms. The molecule has 2 aliphatic rings. The summed E-state index contributed by atoms with van der Waals surface area (Å²) in [7, 11) is 1.46. The first-order valence-corrected chi connectivity index (χ1v) is 6.82. The van der Waals surface area contributed by atoms with Gasteiger partial charge in [-0.1, -0.05) is 28.1 Å². The number of ether oxygens (including phenoxy) is 2. The highest BCUT2D eigenvalue weighted by molar-refractivity contribution is 9.10. The predicted molar refractivity (Wildman–Crippen MR) is 70.3 cm³/mol. The van der Waals surface area contributed by atoms with Crippen LogP contribution in [0.15, 0.2) is 28.7 Å². The molecule has 1 saturated carbocycles. The van der Waals surface area contributed by atoms with Crippen LogP contribution in [0, 0.1) is 5.41 Å². The molecule has 0 unspecified atom stereocenters. The van der Waals surface area contributed by atoms with Gasteiger partial charge in [-0.25, -0.2) is 0 Å². The third-order valence-electron chi connectivity index (χ3n) is 4.12. The highest BCUT2D eigenvalue weighted by Crippen LogP contribution is 2.59. The molecule has 0 atom stereocenters. The fourth-order valence-electron chi connectivity index (χ4n) is 3.27. The summed E-state index contributed by atoms with van der Waals surface area (Å²) in [4.78, 5) is 12.2. The van der Waals surface area contributed by atoms with Crippen molar-refractivity contribution in [2.75, 3.05) is 20.3 Å². The van der Waals surface area contributed by atoms with Crippen molar-refractivity contribution in [3.63, 3.8) is 0 Å². The fourth-order valence-corrected chi connectivity index (χ4v) is 3.67. The molecular weight excluding hydrogens is 296 g/mol. The van der Waals surface area contributed by atoms with E-state index in [-0.39, 0.29) is 11.4 Å². The first kappa shape index (κ1) is 12.2. The van der Waals surface area contributed by atoms with E-state index in [0.717, 1.165) is 36.1 Å². The zero-order valence-electron chi connectivity index (χ0n) is 10.2. The molecule has 3 rings (SSSR count). The summed E-state index contributed by atoms with van der Waals surface area (Å²) in [6, 6.07) is 7.96. The molecule has 1 saturated heterocycles.